The van der Waals surface area contributed by atoms with E-state index in [2.05, 4.69) is 30.6 Å². The standard InChI is InChI=1S/C24H27N7O3S/c1-14-10-30(11-15(2)34-14)13-22(32)28-18-6-20(16(3)26-8-18)29-23(33)19-9-27-31-12-21(35-24(19)31)17-4-5-25-7-17/h4-9,12,14-15,25H,10-11,13H2,1-3H3,(H,28,32)(H,29,33)/t14-,15-/m0/s1. The van der Waals surface area contributed by atoms with Gasteiger partial charge >= 0.3 is 0 Å². The number of morpholine rings is 1. The lowest BCUT2D eigenvalue weighted by Crippen LogP contribution is -2.48. The van der Waals surface area contributed by atoms with Crippen molar-refractivity contribution in [2.45, 2.75) is 33.0 Å². The minimum absolute atomic E-state index is 0.0900. The number of rotatable bonds is 6. The first kappa shape index (κ1) is 23.2. The molecule has 1 aliphatic rings. The smallest absolute Gasteiger partial charge is 0.260 e. The van der Waals surface area contributed by atoms with Gasteiger partial charge in [-0.15, -0.1) is 11.3 Å². The number of hydrogen-bond acceptors (Lipinski definition) is 7. The van der Waals surface area contributed by atoms with Gasteiger partial charge < -0.3 is 20.4 Å². The molecule has 0 aliphatic carbocycles. The van der Waals surface area contributed by atoms with Gasteiger partial charge in [-0.05, 0) is 32.9 Å². The molecule has 0 spiro atoms. The summed E-state index contributed by atoms with van der Waals surface area (Å²) in [6.45, 7) is 7.50. The number of aromatic nitrogens is 4. The highest BCUT2D eigenvalue weighted by atomic mass is 32.1. The maximum Gasteiger partial charge on any atom is 0.260 e. The molecular weight excluding hydrogens is 466 g/mol. The van der Waals surface area contributed by atoms with Crippen molar-refractivity contribution >= 4 is 39.4 Å². The molecule has 11 heteroatoms. The summed E-state index contributed by atoms with van der Waals surface area (Å²) in [5, 5.41) is 10.1. The molecule has 2 amide bonds. The highest BCUT2D eigenvalue weighted by Gasteiger charge is 2.24. The van der Waals surface area contributed by atoms with Crippen molar-refractivity contribution in [3.8, 4) is 10.4 Å². The number of amides is 2. The number of H-pyrrole nitrogens is 1. The van der Waals surface area contributed by atoms with Gasteiger partial charge in [0.2, 0.25) is 5.91 Å². The van der Waals surface area contributed by atoms with Crippen LogP contribution in [0.3, 0.4) is 0 Å². The fourth-order valence-electron chi connectivity index (χ4n) is 4.29. The van der Waals surface area contributed by atoms with E-state index in [1.807, 2.05) is 38.5 Å². The van der Waals surface area contributed by atoms with Gasteiger partial charge in [0, 0.05) is 37.2 Å². The van der Waals surface area contributed by atoms with Gasteiger partial charge in [0.1, 0.15) is 4.83 Å². The van der Waals surface area contributed by atoms with E-state index in [9.17, 15) is 9.59 Å². The summed E-state index contributed by atoms with van der Waals surface area (Å²) in [5.41, 5.74) is 3.21. The zero-order chi connectivity index (χ0) is 24.5. The van der Waals surface area contributed by atoms with Crippen LogP contribution in [0.25, 0.3) is 15.3 Å². The van der Waals surface area contributed by atoms with Crippen molar-refractivity contribution in [1.29, 1.82) is 0 Å². The van der Waals surface area contributed by atoms with Crippen molar-refractivity contribution in [3.63, 3.8) is 0 Å². The lowest BCUT2D eigenvalue weighted by molar-refractivity contribution is -0.121. The third kappa shape index (κ3) is 5.11. The van der Waals surface area contributed by atoms with Crippen LogP contribution in [0.2, 0.25) is 0 Å². The molecule has 4 aromatic rings. The Kier molecular flexibility index (Phi) is 6.37. The number of nitrogens with one attached hydrogen (secondary N) is 3. The average molecular weight is 494 g/mol. The average Bonchev–Trinajstić information content (AvgIpc) is 3.52. The topological polar surface area (TPSA) is 117 Å². The summed E-state index contributed by atoms with van der Waals surface area (Å²) >= 11 is 1.49. The van der Waals surface area contributed by atoms with Gasteiger partial charge in [-0.25, -0.2) is 4.52 Å². The third-order valence-electron chi connectivity index (χ3n) is 5.80. The van der Waals surface area contributed by atoms with Gasteiger partial charge in [-0.3, -0.25) is 19.5 Å². The number of carbonyl (C=O) groups excluding carboxylic acids is 2. The molecule has 4 aromatic heterocycles. The lowest BCUT2D eigenvalue weighted by Gasteiger charge is -2.34. The molecule has 0 radical (unpaired) electrons. The first-order chi connectivity index (χ1) is 16.9. The predicted molar refractivity (Wildman–Crippen MR) is 135 cm³/mol. The van der Waals surface area contributed by atoms with Gasteiger partial charge in [-0.1, -0.05) is 0 Å². The van der Waals surface area contributed by atoms with E-state index in [1.165, 1.54) is 11.3 Å². The number of pyridine rings is 1. The van der Waals surface area contributed by atoms with Crippen LogP contribution in [-0.4, -0.2) is 68.1 Å². The maximum absolute atomic E-state index is 13.1. The molecule has 0 saturated carbocycles. The zero-order valence-corrected chi connectivity index (χ0v) is 20.6. The Morgan fingerprint density at radius 3 is 2.77 bits per heavy atom. The van der Waals surface area contributed by atoms with Crippen molar-refractivity contribution in [2.75, 3.05) is 30.3 Å². The molecule has 1 saturated heterocycles. The molecule has 3 N–H and O–H groups in total. The first-order valence-electron chi connectivity index (χ1n) is 11.4. The summed E-state index contributed by atoms with van der Waals surface area (Å²) in [7, 11) is 0. The number of nitrogens with zero attached hydrogens (tertiary/aromatic N) is 4. The van der Waals surface area contributed by atoms with Gasteiger partial charge in [0.15, 0.2) is 0 Å². The predicted octanol–water partition coefficient (Wildman–Crippen LogP) is 3.39. The number of aromatic amines is 1. The molecule has 2 atom stereocenters. The number of carbonyl (C=O) groups is 2. The van der Waals surface area contributed by atoms with E-state index in [4.69, 9.17) is 4.74 Å². The molecule has 0 bridgehead atoms. The minimum atomic E-state index is -0.285. The Morgan fingerprint density at radius 2 is 2.03 bits per heavy atom. The van der Waals surface area contributed by atoms with E-state index in [0.29, 0.717) is 35.7 Å². The summed E-state index contributed by atoms with van der Waals surface area (Å²) in [6, 6.07) is 3.70. The van der Waals surface area contributed by atoms with Gasteiger partial charge in [-0.2, -0.15) is 5.10 Å². The van der Waals surface area contributed by atoms with Crippen LogP contribution in [0.15, 0.2) is 43.1 Å². The number of ether oxygens (including phenoxy) is 1. The summed E-state index contributed by atoms with van der Waals surface area (Å²) in [6.07, 6.45) is 8.99. The van der Waals surface area contributed by atoms with Crippen LogP contribution in [-0.2, 0) is 9.53 Å². The van der Waals surface area contributed by atoms with Crippen LogP contribution in [0, 0.1) is 6.92 Å². The SMILES string of the molecule is Cc1ncc(NC(=O)CN2C[C@H](C)O[C@@H](C)C2)cc1NC(=O)c1cnn2cc(-c3cc[nH]c3)sc12. The monoisotopic (exact) mass is 493 g/mol. The van der Waals surface area contributed by atoms with Crippen LogP contribution in [0.5, 0.6) is 0 Å². The van der Waals surface area contributed by atoms with Crippen molar-refractivity contribution in [2.24, 2.45) is 0 Å². The molecule has 5 heterocycles. The van der Waals surface area contributed by atoms with E-state index >= 15 is 0 Å². The van der Waals surface area contributed by atoms with E-state index in [-0.39, 0.29) is 30.6 Å². The minimum Gasteiger partial charge on any atom is -0.373 e. The molecular formula is C24H27N7O3S. The molecule has 10 nitrogen and oxygen atoms in total. The maximum atomic E-state index is 13.1. The number of aryl methyl sites for hydroxylation is 1. The lowest BCUT2D eigenvalue weighted by atomic mass is 10.2. The molecule has 182 valence electrons. The molecule has 0 aromatic carbocycles. The first-order valence-corrected chi connectivity index (χ1v) is 12.2. The molecule has 1 aliphatic heterocycles. The van der Waals surface area contributed by atoms with Crippen LogP contribution in [0.1, 0.15) is 29.9 Å². The molecule has 5 rings (SSSR count). The second-order valence-electron chi connectivity index (χ2n) is 8.81. The van der Waals surface area contributed by atoms with Crippen LogP contribution in [0.4, 0.5) is 11.4 Å². The van der Waals surface area contributed by atoms with Gasteiger partial charge in [0.05, 0.1) is 58.7 Å². The van der Waals surface area contributed by atoms with E-state index in [1.54, 1.807) is 29.9 Å². The van der Waals surface area contributed by atoms with Crippen molar-refractivity contribution < 1.29 is 14.3 Å². The van der Waals surface area contributed by atoms with E-state index < -0.39 is 0 Å². The van der Waals surface area contributed by atoms with Gasteiger partial charge in [0.25, 0.3) is 5.91 Å². The summed E-state index contributed by atoms with van der Waals surface area (Å²) in [5.74, 6) is -0.421. The van der Waals surface area contributed by atoms with Crippen molar-refractivity contribution in [1.82, 2.24) is 24.5 Å². The Balaban J connectivity index is 1.27. The molecule has 35 heavy (non-hydrogen) atoms. The van der Waals surface area contributed by atoms with Crippen molar-refractivity contribution in [3.05, 3.63) is 54.4 Å². The Bertz CT molecular complexity index is 1350. The Morgan fingerprint density at radius 1 is 1.23 bits per heavy atom. The zero-order valence-electron chi connectivity index (χ0n) is 19.7. The number of thiazole rings is 1. The normalized spacial score (nSPS) is 18.6. The quantitative estimate of drug-likeness (QED) is 0.379. The fraction of sp³-hybridized carbons (Fsp3) is 0.333. The Labute approximate surface area is 206 Å². The summed E-state index contributed by atoms with van der Waals surface area (Å²) < 4.78 is 7.43. The van der Waals surface area contributed by atoms with Crippen LogP contribution >= 0.6 is 11.3 Å². The second-order valence-corrected chi connectivity index (χ2v) is 9.84. The molecule has 0 unspecified atom stereocenters. The number of fused-ring (bicyclic) bond motifs is 1. The fourth-order valence-corrected chi connectivity index (χ4v) is 5.34. The summed E-state index contributed by atoms with van der Waals surface area (Å²) in [4.78, 5) is 37.0. The third-order valence-corrected chi connectivity index (χ3v) is 6.97. The van der Waals surface area contributed by atoms with Crippen LogP contribution < -0.4 is 10.6 Å². The second kappa shape index (κ2) is 9.61. The molecule has 1 fully saturated rings. The van der Waals surface area contributed by atoms with E-state index in [0.717, 1.165) is 15.3 Å². The Hall–Kier alpha value is -3.54. The largest absolute Gasteiger partial charge is 0.373 e. The highest BCUT2D eigenvalue weighted by molar-refractivity contribution is 7.21. The number of anilines is 2. The number of hydrogen-bond donors (Lipinski definition) is 3. The highest BCUT2D eigenvalue weighted by Crippen LogP contribution is 2.30.